The van der Waals surface area contributed by atoms with Crippen LogP contribution in [0.5, 0.6) is 0 Å². The first-order valence-corrected chi connectivity index (χ1v) is 10.5. The molecule has 3 heteroatoms. The average molecular weight is 244 g/mol. The lowest BCUT2D eigenvalue weighted by molar-refractivity contribution is -0.162. The second kappa shape index (κ2) is 7.46. The molecule has 0 saturated carbocycles. The maximum absolute atomic E-state index is 5.70. The van der Waals surface area contributed by atoms with Crippen LogP contribution >= 0.6 is 0 Å². The molecule has 0 aromatic rings. The summed E-state index contributed by atoms with van der Waals surface area (Å²) in [5.74, 6) is 0. The van der Waals surface area contributed by atoms with Gasteiger partial charge in [-0.2, -0.15) is 0 Å². The van der Waals surface area contributed by atoms with Gasteiger partial charge >= 0.3 is 0 Å². The molecule has 0 bridgehead atoms. The normalized spacial score (nSPS) is 22.3. The molecular formula is C13H28O2Si. The van der Waals surface area contributed by atoms with Crippen molar-refractivity contribution >= 4 is 8.07 Å². The smallest absolute Gasteiger partial charge is 0.157 e. The van der Waals surface area contributed by atoms with E-state index in [4.69, 9.17) is 9.47 Å². The van der Waals surface area contributed by atoms with Gasteiger partial charge in [0.05, 0.1) is 0 Å². The second-order valence-corrected chi connectivity index (χ2v) is 11.7. The Balaban J connectivity index is 1.87. The van der Waals surface area contributed by atoms with Crippen molar-refractivity contribution in [2.45, 2.75) is 70.5 Å². The molecule has 1 aliphatic rings. The lowest BCUT2D eigenvalue weighted by atomic mass is 10.2. The third-order valence-corrected chi connectivity index (χ3v) is 4.87. The topological polar surface area (TPSA) is 18.5 Å². The zero-order chi connectivity index (χ0) is 11.9. The fraction of sp³-hybridized carbons (Fsp3) is 1.00. The van der Waals surface area contributed by atoms with Crippen molar-refractivity contribution < 1.29 is 9.47 Å². The molecule has 0 N–H and O–H groups in total. The first-order valence-electron chi connectivity index (χ1n) is 6.81. The number of unbranched alkanes of at least 4 members (excludes halogenated alkanes) is 2. The maximum atomic E-state index is 5.70. The van der Waals surface area contributed by atoms with E-state index >= 15 is 0 Å². The number of hydrogen-bond donors (Lipinski definition) is 0. The van der Waals surface area contributed by atoms with E-state index < -0.39 is 8.07 Å². The van der Waals surface area contributed by atoms with E-state index in [1.165, 1.54) is 38.1 Å². The summed E-state index contributed by atoms with van der Waals surface area (Å²) in [4.78, 5) is 0. The summed E-state index contributed by atoms with van der Waals surface area (Å²) in [6, 6.07) is 1.45. The van der Waals surface area contributed by atoms with Crippen molar-refractivity contribution in [2.75, 3.05) is 13.2 Å². The highest BCUT2D eigenvalue weighted by molar-refractivity contribution is 6.76. The highest BCUT2D eigenvalue weighted by Crippen LogP contribution is 2.16. The minimum Gasteiger partial charge on any atom is -0.353 e. The predicted molar refractivity (Wildman–Crippen MR) is 71.5 cm³/mol. The quantitative estimate of drug-likeness (QED) is 0.497. The van der Waals surface area contributed by atoms with Gasteiger partial charge in [-0.15, -0.1) is 0 Å². The third kappa shape index (κ3) is 7.42. The van der Waals surface area contributed by atoms with Gasteiger partial charge in [0.15, 0.2) is 6.29 Å². The molecular weight excluding hydrogens is 216 g/mol. The Morgan fingerprint density at radius 1 is 1.12 bits per heavy atom. The second-order valence-electron chi connectivity index (χ2n) is 6.04. The minimum atomic E-state index is -0.815. The van der Waals surface area contributed by atoms with Crippen LogP contribution in [0.15, 0.2) is 0 Å². The third-order valence-electron chi connectivity index (χ3n) is 3.01. The van der Waals surface area contributed by atoms with Crippen LogP contribution in [0.25, 0.3) is 0 Å². The molecule has 1 fully saturated rings. The molecule has 1 heterocycles. The molecule has 0 amide bonds. The summed E-state index contributed by atoms with van der Waals surface area (Å²) >= 11 is 0. The van der Waals surface area contributed by atoms with E-state index in [1.54, 1.807) is 0 Å². The van der Waals surface area contributed by atoms with Crippen LogP contribution in [-0.2, 0) is 9.47 Å². The molecule has 1 atom stereocenters. The number of ether oxygens (including phenoxy) is 2. The van der Waals surface area contributed by atoms with E-state index in [0.29, 0.717) is 0 Å². The van der Waals surface area contributed by atoms with Gasteiger partial charge in [-0.05, 0) is 25.7 Å². The summed E-state index contributed by atoms with van der Waals surface area (Å²) < 4.78 is 11.2. The molecule has 2 nitrogen and oxygen atoms in total. The lowest BCUT2D eigenvalue weighted by Gasteiger charge is -2.22. The van der Waals surface area contributed by atoms with Crippen molar-refractivity contribution in [1.29, 1.82) is 0 Å². The molecule has 1 rings (SSSR count). The fourth-order valence-electron chi connectivity index (χ4n) is 1.99. The van der Waals surface area contributed by atoms with E-state index in [-0.39, 0.29) is 6.29 Å². The van der Waals surface area contributed by atoms with Crippen molar-refractivity contribution in [1.82, 2.24) is 0 Å². The minimum absolute atomic E-state index is 0.103. The Kier molecular flexibility index (Phi) is 6.62. The summed E-state index contributed by atoms with van der Waals surface area (Å²) in [5.41, 5.74) is 0. The summed E-state index contributed by atoms with van der Waals surface area (Å²) in [6.07, 6.45) is 7.56. The lowest BCUT2D eigenvalue weighted by Crippen LogP contribution is -2.22. The standard InChI is InChI=1S/C13H28O2Si/c1-16(2,3)12-8-4-6-10-14-13-9-5-7-11-15-13/h13H,4-12H2,1-3H3. The van der Waals surface area contributed by atoms with Crippen LogP contribution in [0, 0.1) is 0 Å². The van der Waals surface area contributed by atoms with Crippen LogP contribution in [0.1, 0.15) is 38.5 Å². The fourth-order valence-corrected chi connectivity index (χ4v) is 3.30. The molecule has 0 radical (unpaired) electrons. The Bertz CT molecular complexity index is 171. The molecule has 1 aliphatic heterocycles. The molecule has 0 aliphatic carbocycles. The van der Waals surface area contributed by atoms with Gasteiger partial charge in [0.2, 0.25) is 0 Å². The largest absolute Gasteiger partial charge is 0.353 e. The molecule has 0 aromatic heterocycles. The van der Waals surface area contributed by atoms with Gasteiger partial charge in [-0.3, -0.25) is 0 Å². The Hall–Kier alpha value is 0.137. The number of hydrogen-bond acceptors (Lipinski definition) is 2. The Labute approximate surface area is 102 Å². The van der Waals surface area contributed by atoms with E-state index in [2.05, 4.69) is 19.6 Å². The Morgan fingerprint density at radius 3 is 2.56 bits per heavy atom. The van der Waals surface area contributed by atoms with Crippen LogP contribution in [0.4, 0.5) is 0 Å². The molecule has 1 unspecified atom stereocenters. The Morgan fingerprint density at radius 2 is 1.94 bits per heavy atom. The van der Waals surface area contributed by atoms with Crippen molar-refractivity contribution in [2.24, 2.45) is 0 Å². The molecule has 16 heavy (non-hydrogen) atoms. The first-order chi connectivity index (χ1) is 7.58. The van der Waals surface area contributed by atoms with Gasteiger partial charge in [-0.25, -0.2) is 0 Å². The van der Waals surface area contributed by atoms with Gasteiger partial charge < -0.3 is 9.47 Å². The zero-order valence-electron chi connectivity index (χ0n) is 11.3. The summed E-state index contributed by atoms with van der Waals surface area (Å²) in [7, 11) is -0.815. The monoisotopic (exact) mass is 244 g/mol. The van der Waals surface area contributed by atoms with Crippen LogP contribution < -0.4 is 0 Å². The average Bonchev–Trinajstić information content (AvgIpc) is 2.23. The van der Waals surface area contributed by atoms with Crippen molar-refractivity contribution in [3.8, 4) is 0 Å². The zero-order valence-corrected chi connectivity index (χ0v) is 12.3. The highest BCUT2D eigenvalue weighted by atomic mass is 28.3. The summed E-state index contributed by atoms with van der Waals surface area (Å²) in [6.45, 7) is 9.11. The molecule has 0 spiro atoms. The van der Waals surface area contributed by atoms with Gasteiger partial charge in [0, 0.05) is 21.3 Å². The van der Waals surface area contributed by atoms with E-state index in [1.807, 2.05) is 0 Å². The summed E-state index contributed by atoms with van der Waals surface area (Å²) in [5, 5.41) is 0. The van der Waals surface area contributed by atoms with Gasteiger partial charge in [0.25, 0.3) is 0 Å². The molecule has 96 valence electrons. The molecule has 0 aromatic carbocycles. The van der Waals surface area contributed by atoms with Crippen LogP contribution in [-0.4, -0.2) is 27.6 Å². The van der Waals surface area contributed by atoms with E-state index in [0.717, 1.165) is 19.6 Å². The van der Waals surface area contributed by atoms with Gasteiger partial charge in [0.1, 0.15) is 0 Å². The maximum Gasteiger partial charge on any atom is 0.157 e. The number of rotatable bonds is 7. The van der Waals surface area contributed by atoms with Crippen molar-refractivity contribution in [3.63, 3.8) is 0 Å². The van der Waals surface area contributed by atoms with Crippen LogP contribution in [0.3, 0.4) is 0 Å². The first kappa shape index (κ1) is 14.2. The SMILES string of the molecule is C[Si](C)(C)CCCCCOC1CCCCO1. The highest BCUT2D eigenvalue weighted by Gasteiger charge is 2.14. The molecule has 1 saturated heterocycles. The van der Waals surface area contributed by atoms with Crippen LogP contribution in [0.2, 0.25) is 25.7 Å². The van der Waals surface area contributed by atoms with Crippen molar-refractivity contribution in [3.05, 3.63) is 0 Å². The predicted octanol–water partition coefficient (Wildman–Crippen LogP) is 4.04. The van der Waals surface area contributed by atoms with E-state index in [9.17, 15) is 0 Å². The van der Waals surface area contributed by atoms with Gasteiger partial charge in [-0.1, -0.05) is 38.5 Å².